The highest BCUT2D eigenvalue weighted by Gasteiger charge is 2.43. The van der Waals surface area contributed by atoms with E-state index in [0.29, 0.717) is 0 Å². The molecular weight excluding hydrogens is 208 g/mol. The Hall–Kier alpha value is -0.770. The van der Waals surface area contributed by atoms with E-state index in [1.807, 2.05) is 12.3 Å². The zero-order valence-corrected chi connectivity index (χ0v) is 9.80. The predicted molar refractivity (Wildman–Crippen MR) is 64.1 cm³/mol. The minimum Gasteiger partial charge on any atom is -0.296 e. The standard InChI is InChI=1S/C11H16N2OS/c1-2-3-4-6-12-9-10(14)13-7-5-8-15-11(9)13/h5,7,11H,2-4,6,8H2,1H3/t11-/m1/s1. The van der Waals surface area contributed by atoms with Crippen LogP contribution in [0.5, 0.6) is 0 Å². The highest BCUT2D eigenvalue weighted by Crippen LogP contribution is 2.31. The van der Waals surface area contributed by atoms with E-state index < -0.39 is 0 Å². The van der Waals surface area contributed by atoms with Crippen molar-refractivity contribution in [2.45, 2.75) is 31.6 Å². The molecule has 0 aliphatic carbocycles. The summed E-state index contributed by atoms with van der Waals surface area (Å²) in [5.74, 6) is 1.09. The molecule has 1 fully saturated rings. The smallest absolute Gasteiger partial charge is 0.276 e. The van der Waals surface area contributed by atoms with Crippen molar-refractivity contribution in [1.29, 1.82) is 0 Å². The molecule has 2 heterocycles. The molecule has 2 aliphatic rings. The molecule has 1 saturated heterocycles. The number of nitrogens with zero attached hydrogens (tertiary/aromatic N) is 2. The van der Waals surface area contributed by atoms with Crippen LogP contribution in [0.25, 0.3) is 0 Å². The molecule has 15 heavy (non-hydrogen) atoms. The van der Waals surface area contributed by atoms with Crippen molar-refractivity contribution in [2.24, 2.45) is 4.99 Å². The summed E-state index contributed by atoms with van der Waals surface area (Å²) in [4.78, 5) is 17.8. The molecule has 4 heteroatoms. The van der Waals surface area contributed by atoms with Gasteiger partial charge in [0.25, 0.3) is 5.91 Å². The van der Waals surface area contributed by atoms with E-state index in [1.54, 1.807) is 16.7 Å². The Bertz CT molecular complexity index is 312. The molecule has 0 aromatic carbocycles. The van der Waals surface area contributed by atoms with Crippen LogP contribution in [0.2, 0.25) is 0 Å². The summed E-state index contributed by atoms with van der Waals surface area (Å²) in [5, 5.41) is 0.212. The molecule has 0 radical (unpaired) electrons. The number of unbranched alkanes of at least 4 members (excludes halogenated alkanes) is 2. The summed E-state index contributed by atoms with van der Waals surface area (Å²) >= 11 is 1.78. The first-order valence-corrected chi connectivity index (χ1v) is 6.54. The van der Waals surface area contributed by atoms with Gasteiger partial charge in [0, 0.05) is 18.5 Å². The molecule has 0 spiro atoms. The second-order valence-electron chi connectivity index (χ2n) is 3.76. The summed E-state index contributed by atoms with van der Waals surface area (Å²) in [6, 6.07) is 0. The average molecular weight is 224 g/mol. The summed E-state index contributed by atoms with van der Waals surface area (Å²) in [5.41, 5.74) is 0.778. The molecule has 1 atom stereocenters. The van der Waals surface area contributed by atoms with E-state index >= 15 is 0 Å². The van der Waals surface area contributed by atoms with E-state index in [0.717, 1.165) is 24.4 Å². The zero-order chi connectivity index (χ0) is 10.7. The lowest BCUT2D eigenvalue weighted by molar-refractivity contribution is -0.125. The number of fused-ring (bicyclic) bond motifs is 1. The van der Waals surface area contributed by atoms with Crippen LogP contribution in [0.15, 0.2) is 17.3 Å². The van der Waals surface area contributed by atoms with Crippen LogP contribution >= 0.6 is 11.8 Å². The van der Waals surface area contributed by atoms with Crippen molar-refractivity contribution in [1.82, 2.24) is 4.90 Å². The largest absolute Gasteiger partial charge is 0.296 e. The molecular formula is C11H16N2OS. The highest BCUT2D eigenvalue weighted by atomic mass is 32.2. The fraction of sp³-hybridized carbons (Fsp3) is 0.636. The van der Waals surface area contributed by atoms with Crippen LogP contribution in [0.4, 0.5) is 0 Å². The number of amides is 1. The zero-order valence-electron chi connectivity index (χ0n) is 8.98. The molecule has 0 saturated carbocycles. The number of hydrogen-bond acceptors (Lipinski definition) is 3. The third-order valence-corrected chi connectivity index (χ3v) is 3.75. The van der Waals surface area contributed by atoms with Gasteiger partial charge in [0.1, 0.15) is 11.1 Å². The minimum absolute atomic E-state index is 0.0972. The maximum Gasteiger partial charge on any atom is 0.276 e. The topological polar surface area (TPSA) is 32.7 Å². The lowest BCUT2D eigenvalue weighted by Crippen LogP contribution is -2.58. The van der Waals surface area contributed by atoms with Gasteiger partial charge in [-0.2, -0.15) is 0 Å². The summed E-state index contributed by atoms with van der Waals surface area (Å²) < 4.78 is 0. The van der Waals surface area contributed by atoms with Crippen LogP contribution in [0.1, 0.15) is 26.2 Å². The normalized spacial score (nSPS) is 26.7. The van der Waals surface area contributed by atoms with Gasteiger partial charge in [-0.1, -0.05) is 25.8 Å². The summed E-state index contributed by atoms with van der Waals surface area (Å²) in [6.45, 7) is 2.98. The van der Waals surface area contributed by atoms with E-state index in [4.69, 9.17) is 0 Å². The van der Waals surface area contributed by atoms with Crippen molar-refractivity contribution >= 4 is 23.4 Å². The number of rotatable bonds is 4. The van der Waals surface area contributed by atoms with Gasteiger partial charge < -0.3 is 0 Å². The van der Waals surface area contributed by atoms with Crippen LogP contribution in [0.3, 0.4) is 0 Å². The third kappa shape index (κ3) is 2.09. The highest BCUT2D eigenvalue weighted by molar-refractivity contribution is 8.01. The molecule has 0 N–H and O–H groups in total. The first kappa shape index (κ1) is 10.7. The van der Waals surface area contributed by atoms with Gasteiger partial charge in [0.05, 0.1) is 0 Å². The monoisotopic (exact) mass is 224 g/mol. The first-order valence-electron chi connectivity index (χ1n) is 5.50. The van der Waals surface area contributed by atoms with Gasteiger partial charge in [0.2, 0.25) is 0 Å². The quantitative estimate of drug-likeness (QED) is 0.541. The van der Waals surface area contributed by atoms with Gasteiger partial charge in [-0.3, -0.25) is 14.7 Å². The number of thioether (sulfide) groups is 1. The van der Waals surface area contributed by atoms with Crippen LogP contribution in [0, 0.1) is 0 Å². The minimum atomic E-state index is 0.0972. The lowest BCUT2D eigenvalue weighted by Gasteiger charge is -2.40. The Morgan fingerprint density at radius 2 is 2.47 bits per heavy atom. The predicted octanol–water partition coefficient (Wildman–Crippen LogP) is 2.05. The fourth-order valence-electron chi connectivity index (χ4n) is 1.73. The van der Waals surface area contributed by atoms with Crippen molar-refractivity contribution in [3.8, 4) is 0 Å². The number of carbonyl (C=O) groups is 1. The van der Waals surface area contributed by atoms with Gasteiger partial charge in [0.15, 0.2) is 0 Å². The van der Waals surface area contributed by atoms with E-state index in [2.05, 4.69) is 11.9 Å². The Morgan fingerprint density at radius 1 is 1.60 bits per heavy atom. The number of β-lactam (4-membered cyclic amide) rings is 1. The molecule has 0 aromatic heterocycles. The molecule has 82 valence electrons. The van der Waals surface area contributed by atoms with Crippen molar-refractivity contribution in [3.63, 3.8) is 0 Å². The maximum atomic E-state index is 11.6. The first-order chi connectivity index (χ1) is 7.34. The SMILES string of the molecule is CCCCCN=C1C(=O)N2C=CCS[C@H]12. The maximum absolute atomic E-state index is 11.6. The summed E-state index contributed by atoms with van der Waals surface area (Å²) in [7, 11) is 0. The average Bonchev–Trinajstić information content (AvgIpc) is 2.28. The van der Waals surface area contributed by atoms with Crippen LogP contribution in [-0.4, -0.2) is 34.2 Å². The molecule has 3 nitrogen and oxygen atoms in total. The Kier molecular flexibility index (Phi) is 3.46. The van der Waals surface area contributed by atoms with Gasteiger partial charge in [-0.15, -0.1) is 11.8 Å². The number of carbonyl (C=O) groups excluding carboxylic acids is 1. The van der Waals surface area contributed by atoms with Crippen molar-refractivity contribution in [2.75, 3.05) is 12.3 Å². The lowest BCUT2D eigenvalue weighted by atomic mass is 10.1. The second kappa shape index (κ2) is 4.84. The van der Waals surface area contributed by atoms with Crippen LogP contribution in [-0.2, 0) is 4.79 Å². The van der Waals surface area contributed by atoms with E-state index in [-0.39, 0.29) is 11.3 Å². The number of hydrogen-bond donors (Lipinski definition) is 0. The fourth-order valence-corrected chi connectivity index (χ4v) is 2.76. The summed E-state index contributed by atoms with van der Waals surface area (Å²) in [6.07, 6.45) is 7.40. The van der Waals surface area contributed by atoms with Gasteiger partial charge >= 0.3 is 0 Å². The molecule has 2 aliphatic heterocycles. The van der Waals surface area contributed by atoms with E-state index in [1.165, 1.54) is 12.8 Å². The molecule has 0 aromatic rings. The molecule has 1 amide bonds. The molecule has 0 bridgehead atoms. The Balaban J connectivity index is 1.88. The van der Waals surface area contributed by atoms with Crippen molar-refractivity contribution in [3.05, 3.63) is 12.3 Å². The molecule has 2 rings (SSSR count). The molecule has 0 unspecified atom stereocenters. The van der Waals surface area contributed by atoms with Gasteiger partial charge in [-0.25, -0.2) is 0 Å². The van der Waals surface area contributed by atoms with E-state index in [9.17, 15) is 4.79 Å². The van der Waals surface area contributed by atoms with Crippen LogP contribution < -0.4 is 0 Å². The van der Waals surface area contributed by atoms with Gasteiger partial charge in [-0.05, 0) is 6.42 Å². The number of aliphatic imine (C=N–C) groups is 1. The second-order valence-corrected chi connectivity index (χ2v) is 4.87. The Labute approximate surface area is 94.6 Å². The van der Waals surface area contributed by atoms with Crippen molar-refractivity contribution < 1.29 is 4.79 Å². The third-order valence-electron chi connectivity index (χ3n) is 2.60. The Morgan fingerprint density at radius 3 is 3.27 bits per heavy atom.